The summed E-state index contributed by atoms with van der Waals surface area (Å²) in [6, 6.07) is 0. The van der Waals surface area contributed by atoms with Crippen LogP contribution in [0.15, 0.2) is 6.33 Å². The first-order valence-electron chi connectivity index (χ1n) is 5.16. The molecule has 2 N–H and O–H groups in total. The van der Waals surface area contributed by atoms with Crippen LogP contribution in [0.2, 0.25) is 5.02 Å². The molecule has 0 aliphatic rings. The molecular weight excluding hydrogens is 246 g/mol. The zero-order chi connectivity index (χ0) is 12.8. The molecular formula is C10H16ClN3O3. The average Bonchev–Trinajstić information content (AvgIpc) is 2.25. The standard InChI is InChI=1S/C10H16ClN3O3/c1-14(2)4-3-5-17-9-7(11)8(10(15)16)12-6-13-9/h6,10,15-16H,3-5H2,1-2H3. The SMILES string of the molecule is CN(C)CCCOc1ncnc(C(O)O)c1Cl. The topological polar surface area (TPSA) is 78.7 Å². The fourth-order valence-corrected chi connectivity index (χ4v) is 1.45. The van der Waals surface area contributed by atoms with Crippen LogP contribution >= 0.6 is 11.6 Å². The van der Waals surface area contributed by atoms with Crippen molar-refractivity contribution < 1.29 is 14.9 Å². The van der Waals surface area contributed by atoms with Gasteiger partial charge in [0.15, 0.2) is 6.29 Å². The quantitative estimate of drug-likeness (QED) is 0.572. The van der Waals surface area contributed by atoms with Crippen LogP contribution in [-0.4, -0.2) is 52.3 Å². The second-order valence-electron chi connectivity index (χ2n) is 3.76. The van der Waals surface area contributed by atoms with Crippen LogP contribution in [0.3, 0.4) is 0 Å². The summed E-state index contributed by atoms with van der Waals surface area (Å²) in [5.74, 6) is 0.170. The Bertz CT molecular complexity index is 361. The van der Waals surface area contributed by atoms with Gasteiger partial charge in [-0.25, -0.2) is 9.97 Å². The molecule has 0 aliphatic heterocycles. The first kappa shape index (κ1) is 14.1. The van der Waals surface area contributed by atoms with E-state index < -0.39 is 6.29 Å². The van der Waals surface area contributed by atoms with Gasteiger partial charge in [-0.3, -0.25) is 0 Å². The number of nitrogens with zero attached hydrogens (tertiary/aromatic N) is 3. The van der Waals surface area contributed by atoms with Crippen molar-refractivity contribution in [3.8, 4) is 5.88 Å². The maximum atomic E-state index is 8.99. The first-order chi connectivity index (χ1) is 8.02. The van der Waals surface area contributed by atoms with Gasteiger partial charge in [0.1, 0.15) is 17.0 Å². The first-order valence-corrected chi connectivity index (χ1v) is 5.54. The van der Waals surface area contributed by atoms with Gasteiger partial charge in [-0.05, 0) is 20.5 Å². The highest BCUT2D eigenvalue weighted by atomic mass is 35.5. The zero-order valence-electron chi connectivity index (χ0n) is 9.80. The molecule has 0 radical (unpaired) electrons. The summed E-state index contributed by atoms with van der Waals surface area (Å²) in [6.07, 6.45) is 0.279. The molecule has 1 rings (SSSR count). The highest BCUT2D eigenvalue weighted by Crippen LogP contribution is 2.27. The molecule has 6 nitrogen and oxygen atoms in total. The molecule has 1 heterocycles. The van der Waals surface area contributed by atoms with Crippen molar-refractivity contribution >= 4 is 11.6 Å². The van der Waals surface area contributed by atoms with E-state index in [4.69, 9.17) is 26.6 Å². The van der Waals surface area contributed by atoms with Crippen molar-refractivity contribution in [2.45, 2.75) is 12.7 Å². The molecule has 96 valence electrons. The lowest BCUT2D eigenvalue weighted by Crippen LogP contribution is -2.16. The van der Waals surface area contributed by atoms with Crippen molar-refractivity contribution in [3.05, 3.63) is 17.0 Å². The Kier molecular flexibility index (Phi) is 5.57. The molecule has 0 saturated carbocycles. The summed E-state index contributed by atoms with van der Waals surface area (Å²) in [7, 11) is 3.94. The Morgan fingerprint density at radius 1 is 1.41 bits per heavy atom. The molecule has 0 aliphatic carbocycles. The van der Waals surface area contributed by atoms with Crippen LogP contribution in [0.4, 0.5) is 0 Å². The van der Waals surface area contributed by atoms with E-state index >= 15 is 0 Å². The second-order valence-corrected chi connectivity index (χ2v) is 4.13. The van der Waals surface area contributed by atoms with Gasteiger partial charge in [0.2, 0.25) is 5.88 Å². The van der Waals surface area contributed by atoms with Crippen molar-refractivity contribution in [2.24, 2.45) is 0 Å². The minimum Gasteiger partial charge on any atom is -0.476 e. The smallest absolute Gasteiger partial charge is 0.236 e. The number of aliphatic hydroxyl groups excluding tert-OH is 1. The van der Waals surface area contributed by atoms with Crippen LogP contribution in [0.25, 0.3) is 0 Å². The van der Waals surface area contributed by atoms with Crippen LogP contribution in [0.5, 0.6) is 5.88 Å². The third-order valence-corrected chi connectivity index (χ3v) is 2.37. The number of hydrogen-bond acceptors (Lipinski definition) is 6. The number of rotatable bonds is 6. The highest BCUT2D eigenvalue weighted by molar-refractivity contribution is 6.32. The van der Waals surface area contributed by atoms with Gasteiger partial charge in [0.25, 0.3) is 0 Å². The monoisotopic (exact) mass is 261 g/mol. The Labute approximate surface area is 105 Å². The Hall–Kier alpha value is -0.950. The average molecular weight is 262 g/mol. The fraction of sp³-hybridized carbons (Fsp3) is 0.600. The Morgan fingerprint density at radius 2 is 2.12 bits per heavy atom. The van der Waals surface area contributed by atoms with Crippen LogP contribution < -0.4 is 4.74 Å². The number of ether oxygens (including phenoxy) is 1. The van der Waals surface area contributed by atoms with Crippen LogP contribution in [-0.2, 0) is 0 Å². The summed E-state index contributed by atoms with van der Waals surface area (Å²) in [5, 5.41) is 18.0. The third kappa shape index (κ3) is 4.43. The summed E-state index contributed by atoms with van der Waals surface area (Å²) < 4.78 is 5.35. The molecule has 0 spiro atoms. The zero-order valence-corrected chi connectivity index (χ0v) is 10.6. The number of hydrogen-bond donors (Lipinski definition) is 2. The van der Waals surface area contributed by atoms with E-state index in [0.717, 1.165) is 13.0 Å². The van der Waals surface area contributed by atoms with Crippen LogP contribution in [0, 0.1) is 0 Å². The molecule has 0 atom stereocenters. The molecule has 1 aromatic heterocycles. The van der Waals surface area contributed by atoms with E-state index in [1.165, 1.54) is 6.33 Å². The van der Waals surface area contributed by atoms with Crippen molar-refractivity contribution in [1.82, 2.24) is 14.9 Å². The van der Waals surface area contributed by atoms with E-state index in [2.05, 4.69) is 9.97 Å². The summed E-state index contributed by atoms with van der Waals surface area (Å²) >= 11 is 5.86. The largest absolute Gasteiger partial charge is 0.476 e. The molecule has 17 heavy (non-hydrogen) atoms. The van der Waals surface area contributed by atoms with Gasteiger partial charge >= 0.3 is 0 Å². The lowest BCUT2D eigenvalue weighted by Gasteiger charge is -2.12. The number of aromatic nitrogens is 2. The molecule has 1 aromatic rings. The fourth-order valence-electron chi connectivity index (χ4n) is 1.20. The van der Waals surface area contributed by atoms with E-state index in [-0.39, 0.29) is 16.6 Å². The molecule has 0 bridgehead atoms. The Morgan fingerprint density at radius 3 is 2.71 bits per heavy atom. The maximum absolute atomic E-state index is 8.99. The summed E-state index contributed by atoms with van der Waals surface area (Å²) in [4.78, 5) is 9.54. The van der Waals surface area contributed by atoms with E-state index in [1.54, 1.807) is 0 Å². The van der Waals surface area contributed by atoms with Crippen molar-refractivity contribution in [1.29, 1.82) is 0 Å². The van der Waals surface area contributed by atoms with Crippen molar-refractivity contribution in [3.63, 3.8) is 0 Å². The van der Waals surface area contributed by atoms with Gasteiger partial charge in [-0.2, -0.15) is 0 Å². The number of aliphatic hydroxyl groups is 2. The lowest BCUT2D eigenvalue weighted by molar-refractivity contribution is -0.0460. The maximum Gasteiger partial charge on any atom is 0.236 e. The summed E-state index contributed by atoms with van der Waals surface area (Å²) in [5.41, 5.74) is -0.0516. The predicted octanol–water partition coefficient (Wildman–Crippen LogP) is 0.444. The molecule has 0 saturated heterocycles. The summed E-state index contributed by atoms with van der Waals surface area (Å²) in [6.45, 7) is 1.34. The van der Waals surface area contributed by atoms with Gasteiger partial charge in [-0.1, -0.05) is 11.6 Å². The predicted molar refractivity (Wildman–Crippen MR) is 62.9 cm³/mol. The number of halogens is 1. The third-order valence-electron chi connectivity index (χ3n) is 2.02. The van der Waals surface area contributed by atoms with E-state index in [9.17, 15) is 0 Å². The minimum absolute atomic E-state index is 0.0346. The van der Waals surface area contributed by atoms with Gasteiger partial charge in [-0.15, -0.1) is 0 Å². The van der Waals surface area contributed by atoms with Crippen LogP contribution in [0.1, 0.15) is 18.4 Å². The molecule has 0 unspecified atom stereocenters. The molecule has 0 aromatic carbocycles. The van der Waals surface area contributed by atoms with E-state index in [0.29, 0.717) is 6.61 Å². The molecule has 0 amide bonds. The normalized spacial score (nSPS) is 11.2. The van der Waals surface area contributed by atoms with E-state index in [1.807, 2.05) is 19.0 Å². The Balaban J connectivity index is 2.56. The van der Waals surface area contributed by atoms with Gasteiger partial charge < -0.3 is 19.8 Å². The van der Waals surface area contributed by atoms with Crippen molar-refractivity contribution in [2.75, 3.05) is 27.2 Å². The minimum atomic E-state index is -1.73. The second kappa shape index (κ2) is 6.70. The molecule has 7 heteroatoms. The van der Waals surface area contributed by atoms with Gasteiger partial charge in [0.05, 0.1) is 6.61 Å². The lowest BCUT2D eigenvalue weighted by atomic mass is 10.4. The van der Waals surface area contributed by atoms with Gasteiger partial charge in [0, 0.05) is 6.54 Å². The molecule has 0 fully saturated rings. The highest BCUT2D eigenvalue weighted by Gasteiger charge is 2.15.